The first-order chi connectivity index (χ1) is 15.5. The zero-order chi connectivity index (χ0) is 22.7. The highest BCUT2D eigenvalue weighted by Gasteiger charge is 2.31. The van der Waals surface area contributed by atoms with Gasteiger partial charge in [-0.1, -0.05) is 48.5 Å². The molecule has 0 aliphatic carbocycles. The summed E-state index contributed by atoms with van der Waals surface area (Å²) in [6.07, 6.45) is 0.116. The molecule has 0 bridgehead atoms. The number of ether oxygens (including phenoxy) is 2. The summed E-state index contributed by atoms with van der Waals surface area (Å²) < 4.78 is 11.1. The molecule has 32 heavy (non-hydrogen) atoms. The number of nitro benzene ring substituents is 1. The number of allylic oxidation sites excluding steroid dienone is 1. The summed E-state index contributed by atoms with van der Waals surface area (Å²) in [4.78, 5) is 22.8. The number of fused-ring (bicyclic) bond motifs is 1. The minimum atomic E-state index is -0.571. The molecule has 4 rings (SSSR count). The molecule has 8 nitrogen and oxygen atoms in total. The second-order valence-corrected chi connectivity index (χ2v) is 7.11. The Balaban J connectivity index is 1.63. The van der Waals surface area contributed by atoms with Gasteiger partial charge in [-0.2, -0.15) is 5.26 Å². The van der Waals surface area contributed by atoms with Crippen molar-refractivity contribution in [3.8, 4) is 17.6 Å². The number of nitro groups is 1. The molecule has 1 aliphatic heterocycles. The van der Waals surface area contributed by atoms with Crippen molar-refractivity contribution in [2.24, 2.45) is 5.73 Å². The third-order valence-corrected chi connectivity index (χ3v) is 5.05. The van der Waals surface area contributed by atoms with Gasteiger partial charge in [-0.15, -0.1) is 0 Å². The summed E-state index contributed by atoms with van der Waals surface area (Å²) >= 11 is 0. The Bertz CT molecular complexity index is 1260. The fourth-order valence-electron chi connectivity index (χ4n) is 3.56. The molecule has 158 valence electrons. The molecule has 3 aromatic carbocycles. The summed E-state index contributed by atoms with van der Waals surface area (Å²) in [5.74, 6) is -0.454. The zero-order valence-electron chi connectivity index (χ0n) is 16.7. The number of hydrogen-bond acceptors (Lipinski definition) is 7. The molecule has 0 amide bonds. The Labute approximate surface area is 183 Å². The van der Waals surface area contributed by atoms with Crippen molar-refractivity contribution in [2.45, 2.75) is 12.3 Å². The third-order valence-electron chi connectivity index (χ3n) is 5.05. The van der Waals surface area contributed by atoms with E-state index in [1.807, 2.05) is 30.3 Å². The van der Waals surface area contributed by atoms with Crippen LogP contribution < -0.4 is 15.2 Å². The normalized spacial score (nSPS) is 14.7. The first-order valence-electron chi connectivity index (χ1n) is 9.66. The summed E-state index contributed by atoms with van der Waals surface area (Å²) in [7, 11) is 0. The molecule has 0 saturated carbocycles. The van der Waals surface area contributed by atoms with Gasteiger partial charge in [-0.25, -0.2) is 0 Å². The molecule has 1 unspecified atom stereocenters. The van der Waals surface area contributed by atoms with Crippen LogP contribution >= 0.6 is 0 Å². The predicted molar refractivity (Wildman–Crippen MR) is 115 cm³/mol. The van der Waals surface area contributed by atoms with Crippen LogP contribution in [0.1, 0.15) is 22.6 Å². The second-order valence-electron chi connectivity index (χ2n) is 7.11. The number of nitriles is 1. The number of rotatable bonds is 5. The fraction of sp³-hybridized carbons (Fsp3) is 0.0833. The highest BCUT2D eigenvalue weighted by molar-refractivity contribution is 5.75. The van der Waals surface area contributed by atoms with Gasteiger partial charge >= 0.3 is 5.97 Å². The highest BCUT2D eigenvalue weighted by Crippen LogP contribution is 2.43. The van der Waals surface area contributed by atoms with Crippen molar-refractivity contribution in [3.05, 3.63) is 111 Å². The van der Waals surface area contributed by atoms with E-state index >= 15 is 0 Å². The number of non-ortho nitro benzene ring substituents is 1. The van der Waals surface area contributed by atoms with Crippen LogP contribution in [-0.4, -0.2) is 10.9 Å². The van der Waals surface area contributed by atoms with E-state index in [0.717, 1.165) is 5.56 Å². The van der Waals surface area contributed by atoms with Crippen LogP contribution in [0, 0.1) is 21.4 Å². The molecule has 1 heterocycles. The minimum Gasteiger partial charge on any atom is -0.440 e. The number of benzene rings is 3. The van der Waals surface area contributed by atoms with Crippen LogP contribution in [0.3, 0.4) is 0 Å². The number of esters is 1. The highest BCUT2D eigenvalue weighted by atomic mass is 16.6. The van der Waals surface area contributed by atoms with Crippen LogP contribution in [0.15, 0.2) is 84.3 Å². The lowest BCUT2D eigenvalue weighted by Crippen LogP contribution is -2.21. The summed E-state index contributed by atoms with van der Waals surface area (Å²) in [6.45, 7) is 0. The lowest BCUT2D eigenvalue weighted by Gasteiger charge is -2.26. The number of nitrogens with zero attached hydrogens (tertiary/aromatic N) is 2. The predicted octanol–water partition coefficient (Wildman–Crippen LogP) is 3.96. The maximum atomic E-state index is 12.3. The largest absolute Gasteiger partial charge is 0.440 e. The van der Waals surface area contributed by atoms with Gasteiger partial charge in [0, 0.05) is 23.8 Å². The van der Waals surface area contributed by atoms with E-state index < -0.39 is 16.8 Å². The Kier molecular flexibility index (Phi) is 5.55. The van der Waals surface area contributed by atoms with E-state index in [4.69, 9.17) is 15.2 Å². The van der Waals surface area contributed by atoms with Gasteiger partial charge in [0.05, 0.1) is 17.3 Å². The summed E-state index contributed by atoms with van der Waals surface area (Å²) in [6, 6.07) is 22.0. The van der Waals surface area contributed by atoms with Crippen LogP contribution in [0.5, 0.6) is 11.5 Å². The fourth-order valence-corrected chi connectivity index (χ4v) is 3.56. The maximum absolute atomic E-state index is 12.3. The maximum Gasteiger partial charge on any atom is 0.315 e. The first kappa shape index (κ1) is 20.6. The average Bonchev–Trinajstić information content (AvgIpc) is 2.78. The molecule has 0 saturated heterocycles. The standard InChI is InChI=1S/C24H17N3O5/c25-14-20-23(16-6-8-17(9-7-16)27(29)30)19-11-10-18(13-21(19)32-24(20)26)31-22(28)12-15-4-2-1-3-5-15/h1-11,13,23H,12,26H2. The van der Waals surface area contributed by atoms with Gasteiger partial charge in [0.25, 0.3) is 5.69 Å². The lowest BCUT2D eigenvalue weighted by molar-refractivity contribution is -0.384. The summed E-state index contributed by atoms with van der Waals surface area (Å²) in [5.41, 5.74) is 8.23. The van der Waals surface area contributed by atoms with E-state index in [2.05, 4.69) is 6.07 Å². The topological polar surface area (TPSA) is 128 Å². The van der Waals surface area contributed by atoms with Crippen LogP contribution in [0.2, 0.25) is 0 Å². The van der Waals surface area contributed by atoms with Crippen LogP contribution in [0.4, 0.5) is 5.69 Å². The Morgan fingerprint density at radius 2 is 1.84 bits per heavy atom. The van der Waals surface area contributed by atoms with Gasteiger partial charge in [0.15, 0.2) is 0 Å². The lowest BCUT2D eigenvalue weighted by atomic mass is 9.83. The molecular weight excluding hydrogens is 410 g/mol. The molecule has 0 radical (unpaired) electrons. The van der Waals surface area contributed by atoms with Gasteiger partial charge in [0.1, 0.15) is 23.1 Å². The molecule has 3 aromatic rings. The van der Waals surface area contributed by atoms with E-state index in [1.54, 1.807) is 24.3 Å². The van der Waals surface area contributed by atoms with Gasteiger partial charge in [-0.05, 0) is 17.2 Å². The van der Waals surface area contributed by atoms with Crippen LogP contribution in [-0.2, 0) is 11.2 Å². The number of carbonyl (C=O) groups is 1. The van der Waals surface area contributed by atoms with Gasteiger partial charge in [0.2, 0.25) is 5.88 Å². The monoisotopic (exact) mass is 427 g/mol. The van der Waals surface area contributed by atoms with E-state index in [9.17, 15) is 20.2 Å². The molecular formula is C24H17N3O5. The van der Waals surface area contributed by atoms with Gasteiger partial charge in [-0.3, -0.25) is 14.9 Å². The van der Waals surface area contributed by atoms with Crippen LogP contribution in [0.25, 0.3) is 0 Å². The number of carbonyl (C=O) groups excluding carboxylic acids is 1. The quantitative estimate of drug-likeness (QED) is 0.282. The molecule has 2 N–H and O–H groups in total. The molecule has 1 aliphatic rings. The molecule has 0 aromatic heterocycles. The van der Waals surface area contributed by atoms with Crippen molar-refractivity contribution in [1.29, 1.82) is 5.26 Å². The van der Waals surface area contributed by atoms with Crippen molar-refractivity contribution < 1.29 is 19.2 Å². The number of hydrogen-bond donors (Lipinski definition) is 1. The molecule has 0 spiro atoms. The number of nitrogens with two attached hydrogens (primary N) is 1. The van der Waals surface area contributed by atoms with E-state index in [0.29, 0.717) is 16.9 Å². The van der Waals surface area contributed by atoms with Crippen molar-refractivity contribution in [2.75, 3.05) is 0 Å². The first-order valence-corrected chi connectivity index (χ1v) is 9.66. The molecule has 8 heteroatoms. The SMILES string of the molecule is N#CC1=C(N)Oc2cc(OC(=O)Cc3ccccc3)ccc2C1c1ccc([N+](=O)[O-])cc1. The minimum absolute atomic E-state index is 0.0582. The second kappa shape index (κ2) is 8.62. The zero-order valence-corrected chi connectivity index (χ0v) is 16.7. The Morgan fingerprint density at radius 3 is 2.50 bits per heavy atom. The molecule has 1 atom stereocenters. The molecule has 0 fully saturated rings. The van der Waals surface area contributed by atoms with Crippen molar-refractivity contribution in [3.63, 3.8) is 0 Å². The van der Waals surface area contributed by atoms with Crippen molar-refractivity contribution >= 4 is 11.7 Å². The summed E-state index contributed by atoms with van der Waals surface area (Å²) in [5, 5.41) is 20.6. The van der Waals surface area contributed by atoms with Crippen molar-refractivity contribution in [1.82, 2.24) is 0 Å². The van der Waals surface area contributed by atoms with E-state index in [-0.39, 0.29) is 29.3 Å². The average molecular weight is 427 g/mol. The Morgan fingerprint density at radius 1 is 1.12 bits per heavy atom. The van der Waals surface area contributed by atoms with Gasteiger partial charge < -0.3 is 15.2 Å². The third kappa shape index (κ3) is 4.13. The smallest absolute Gasteiger partial charge is 0.315 e. The van der Waals surface area contributed by atoms with E-state index in [1.165, 1.54) is 18.2 Å². The Hall–Kier alpha value is -4.64.